The zero-order chi connectivity index (χ0) is 10.6. The fourth-order valence-electron chi connectivity index (χ4n) is 0.880. The summed E-state index contributed by atoms with van der Waals surface area (Å²) >= 11 is 0. The van der Waals surface area contributed by atoms with Crippen LogP contribution >= 0.6 is 0 Å². The Morgan fingerprint density at radius 3 is 2.36 bits per heavy atom. The molecule has 0 unspecified atom stereocenters. The van der Waals surface area contributed by atoms with Crippen LogP contribution in [-0.2, 0) is 4.79 Å². The molecule has 14 heavy (non-hydrogen) atoms. The van der Waals surface area contributed by atoms with Gasteiger partial charge in [-0.1, -0.05) is 6.92 Å². The van der Waals surface area contributed by atoms with E-state index in [1.165, 1.54) is 0 Å². The zero-order valence-corrected chi connectivity index (χ0v) is 7.82. The molecule has 1 heterocycles. The molecule has 7 nitrogen and oxygen atoms in total. The Morgan fingerprint density at radius 2 is 1.86 bits per heavy atom. The lowest BCUT2D eigenvalue weighted by Gasteiger charge is -2.02. The van der Waals surface area contributed by atoms with Gasteiger partial charge in [-0.15, -0.1) is 0 Å². The molecule has 0 saturated heterocycles. The van der Waals surface area contributed by atoms with Crippen LogP contribution in [0.3, 0.4) is 0 Å². The van der Waals surface area contributed by atoms with Crippen LogP contribution in [0.4, 0.5) is 17.8 Å². The molecule has 1 rings (SSSR count). The first kappa shape index (κ1) is 10.2. The number of nitrogens with zero attached hydrogens (tertiary/aromatic N) is 3. The van der Waals surface area contributed by atoms with Crippen molar-refractivity contribution in [3.63, 3.8) is 0 Å². The molecule has 1 aromatic heterocycles. The predicted molar refractivity (Wildman–Crippen MR) is 52.2 cm³/mol. The monoisotopic (exact) mass is 196 g/mol. The summed E-state index contributed by atoms with van der Waals surface area (Å²) in [4.78, 5) is 22.1. The third-order valence-corrected chi connectivity index (χ3v) is 1.40. The lowest BCUT2D eigenvalue weighted by molar-refractivity contribution is -0.116. The highest BCUT2D eigenvalue weighted by molar-refractivity contribution is 5.88. The quantitative estimate of drug-likeness (QED) is 0.614. The van der Waals surface area contributed by atoms with Gasteiger partial charge in [-0.2, -0.15) is 15.0 Å². The van der Waals surface area contributed by atoms with Gasteiger partial charge >= 0.3 is 0 Å². The van der Waals surface area contributed by atoms with E-state index in [4.69, 9.17) is 11.5 Å². The minimum atomic E-state index is -0.169. The number of carbonyl (C=O) groups is 1. The summed E-state index contributed by atoms with van der Waals surface area (Å²) in [7, 11) is 0. The van der Waals surface area contributed by atoms with Crippen molar-refractivity contribution in [1.29, 1.82) is 0 Å². The van der Waals surface area contributed by atoms with Crippen molar-refractivity contribution >= 4 is 23.8 Å². The van der Waals surface area contributed by atoms with Crippen LogP contribution < -0.4 is 16.8 Å². The van der Waals surface area contributed by atoms with E-state index >= 15 is 0 Å². The first-order valence-electron chi connectivity index (χ1n) is 4.18. The average Bonchev–Trinajstić information content (AvgIpc) is 2.01. The third-order valence-electron chi connectivity index (χ3n) is 1.40. The summed E-state index contributed by atoms with van der Waals surface area (Å²) in [6.45, 7) is 1.90. The third kappa shape index (κ3) is 2.85. The van der Waals surface area contributed by atoms with E-state index in [-0.39, 0.29) is 23.8 Å². The van der Waals surface area contributed by atoms with Gasteiger partial charge < -0.3 is 11.5 Å². The highest BCUT2D eigenvalue weighted by Crippen LogP contribution is 2.04. The van der Waals surface area contributed by atoms with Gasteiger partial charge in [0.2, 0.25) is 23.8 Å². The van der Waals surface area contributed by atoms with Crippen LogP contribution in [0.5, 0.6) is 0 Å². The number of amides is 1. The predicted octanol–water partition coefficient (Wildman–Crippen LogP) is -0.225. The van der Waals surface area contributed by atoms with Crippen LogP contribution in [0.1, 0.15) is 19.8 Å². The van der Waals surface area contributed by atoms with Crippen molar-refractivity contribution < 1.29 is 4.79 Å². The van der Waals surface area contributed by atoms with E-state index in [2.05, 4.69) is 20.3 Å². The molecule has 1 aromatic rings. The fraction of sp³-hybridized carbons (Fsp3) is 0.429. The smallest absolute Gasteiger partial charge is 0.236 e. The second-order valence-corrected chi connectivity index (χ2v) is 2.67. The molecule has 0 bridgehead atoms. The maximum Gasteiger partial charge on any atom is 0.236 e. The van der Waals surface area contributed by atoms with Crippen molar-refractivity contribution in [1.82, 2.24) is 15.0 Å². The Morgan fingerprint density at radius 1 is 1.29 bits per heavy atom. The Hall–Kier alpha value is -1.92. The van der Waals surface area contributed by atoms with Crippen LogP contribution in [0, 0.1) is 0 Å². The Kier molecular flexibility index (Phi) is 3.16. The average molecular weight is 196 g/mol. The maximum atomic E-state index is 11.1. The van der Waals surface area contributed by atoms with Crippen LogP contribution in [-0.4, -0.2) is 20.9 Å². The fourth-order valence-corrected chi connectivity index (χ4v) is 0.880. The number of aromatic nitrogens is 3. The number of anilines is 3. The molecule has 1 amide bonds. The summed E-state index contributed by atoms with van der Waals surface area (Å²) in [5.74, 6) is -0.0976. The SMILES string of the molecule is CCCC(=O)Nc1nc(N)nc(N)n1. The largest absolute Gasteiger partial charge is 0.368 e. The van der Waals surface area contributed by atoms with Gasteiger partial charge in [0.15, 0.2) is 0 Å². The first-order valence-corrected chi connectivity index (χ1v) is 4.18. The maximum absolute atomic E-state index is 11.1. The Bertz CT molecular complexity index is 319. The molecule has 0 aliphatic rings. The number of hydrogen-bond acceptors (Lipinski definition) is 6. The molecule has 0 radical (unpaired) electrons. The van der Waals surface area contributed by atoms with E-state index < -0.39 is 0 Å². The molecule has 0 fully saturated rings. The van der Waals surface area contributed by atoms with E-state index in [0.717, 1.165) is 6.42 Å². The summed E-state index contributed by atoms with van der Waals surface area (Å²) in [5, 5.41) is 2.46. The van der Waals surface area contributed by atoms with E-state index in [0.29, 0.717) is 6.42 Å². The van der Waals surface area contributed by atoms with Crippen molar-refractivity contribution in [2.75, 3.05) is 16.8 Å². The lowest BCUT2D eigenvalue weighted by Crippen LogP contribution is -2.15. The van der Waals surface area contributed by atoms with Crippen molar-refractivity contribution in [3.8, 4) is 0 Å². The second-order valence-electron chi connectivity index (χ2n) is 2.67. The number of nitrogens with one attached hydrogen (secondary N) is 1. The first-order chi connectivity index (χ1) is 6.61. The lowest BCUT2D eigenvalue weighted by atomic mass is 10.3. The van der Waals surface area contributed by atoms with Crippen molar-refractivity contribution in [2.45, 2.75) is 19.8 Å². The van der Waals surface area contributed by atoms with Crippen LogP contribution in [0.2, 0.25) is 0 Å². The molecule has 0 atom stereocenters. The van der Waals surface area contributed by atoms with Gasteiger partial charge in [-0.3, -0.25) is 10.1 Å². The minimum Gasteiger partial charge on any atom is -0.368 e. The summed E-state index contributed by atoms with van der Waals surface area (Å²) in [6.07, 6.45) is 1.16. The number of carbonyl (C=O) groups excluding carboxylic acids is 1. The molecular weight excluding hydrogens is 184 g/mol. The molecule has 0 aliphatic heterocycles. The highest BCUT2D eigenvalue weighted by Gasteiger charge is 2.05. The van der Waals surface area contributed by atoms with Gasteiger partial charge in [-0.25, -0.2) is 0 Å². The number of nitrogens with two attached hydrogens (primary N) is 2. The van der Waals surface area contributed by atoms with Crippen molar-refractivity contribution in [2.24, 2.45) is 0 Å². The highest BCUT2D eigenvalue weighted by atomic mass is 16.1. The van der Waals surface area contributed by atoms with Gasteiger partial charge in [0.05, 0.1) is 0 Å². The molecule has 0 saturated carbocycles. The topological polar surface area (TPSA) is 120 Å². The van der Waals surface area contributed by atoms with E-state index in [1.807, 2.05) is 6.92 Å². The molecule has 7 heteroatoms. The van der Waals surface area contributed by atoms with Gasteiger partial charge in [-0.05, 0) is 6.42 Å². The normalized spacial score (nSPS) is 9.79. The second kappa shape index (κ2) is 4.35. The number of rotatable bonds is 3. The molecule has 76 valence electrons. The van der Waals surface area contributed by atoms with E-state index in [1.54, 1.807) is 0 Å². The standard InChI is InChI=1S/C7H12N6O/c1-2-3-4(14)10-7-12-5(8)11-6(9)13-7/h2-3H2,1H3,(H5,8,9,10,11,12,13,14). The van der Waals surface area contributed by atoms with E-state index in [9.17, 15) is 4.79 Å². The molecule has 0 spiro atoms. The molecule has 0 aromatic carbocycles. The number of hydrogen-bond donors (Lipinski definition) is 3. The Balaban J connectivity index is 2.71. The minimum absolute atomic E-state index is 0.00991. The summed E-state index contributed by atoms with van der Waals surface area (Å²) in [6, 6.07) is 0. The Labute approximate surface area is 80.9 Å². The summed E-state index contributed by atoms with van der Waals surface area (Å²) < 4.78 is 0. The van der Waals surface area contributed by atoms with Gasteiger partial charge in [0, 0.05) is 6.42 Å². The van der Waals surface area contributed by atoms with Crippen LogP contribution in [0.15, 0.2) is 0 Å². The number of nitrogen functional groups attached to an aromatic ring is 2. The molecule has 5 N–H and O–H groups in total. The van der Waals surface area contributed by atoms with Gasteiger partial charge in [0.25, 0.3) is 0 Å². The van der Waals surface area contributed by atoms with Crippen LogP contribution in [0.25, 0.3) is 0 Å². The molecular formula is C7H12N6O. The summed E-state index contributed by atoms with van der Waals surface area (Å²) in [5.41, 5.74) is 10.6. The van der Waals surface area contributed by atoms with Crippen molar-refractivity contribution in [3.05, 3.63) is 0 Å². The zero-order valence-electron chi connectivity index (χ0n) is 7.82. The molecule has 0 aliphatic carbocycles. The van der Waals surface area contributed by atoms with Gasteiger partial charge in [0.1, 0.15) is 0 Å².